The molecule has 0 unspecified atom stereocenters. The molecule has 2 fully saturated rings. The molecule has 0 atom stereocenters. The lowest BCUT2D eigenvalue weighted by molar-refractivity contribution is -0.0491. The minimum absolute atomic E-state index is 0.0106. The zero-order valence-corrected chi connectivity index (χ0v) is 25.2. The number of benzene rings is 3. The average molecular weight is 637 g/mol. The third kappa shape index (κ3) is 7.97. The molecule has 6 rings (SSSR count). The van der Waals surface area contributed by atoms with E-state index in [1.807, 2.05) is 4.90 Å². The molecule has 9 nitrogen and oxygen atoms in total. The Kier molecular flexibility index (Phi) is 9.72. The van der Waals surface area contributed by atoms with Gasteiger partial charge < -0.3 is 24.4 Å². The molecule has 242 valence electrons. The Morgan fingerprint density at radius 3 is 2.28 bits per heavy atom. The molecule has 2 heterocycles. The number of halogens is 3. The predicted octanol–water partition coefficient (Wildman–Crippen LogP) is 6.28. The highest BCUT2D eigenvalue weighted by atomic mass is 19.3. The van der Waals surface area contributed by atoms with E-state index in [1.54, 1.807) is 41.2 Å². The van der Waals surface area contributed by atoms with E-state index in [4.69, 9.17) is 14.2 Å². The zero-order chi connectivity index (χ0) is 32.0. The molecule has 2 amide bonds. The normalized spacial score (nSPS) is 15.3. The van der Waals surface area contributed by atoms with Crippen LogP contribution < -0.4 is 14.8 Å². The first-order chi connectivity index (χ1) is 22.3. The number of aromatic nitrogens is 2. The highest BCUT2D eigenvalue weighted by Crippen LogP contribution is 2.32. The number of carbonyl (C=O) groups excluding carboxylic acids is 2. The number of carbonyl (C=O) groups is 2. The van der Waals surface area contributed by atoms with Crippen LogP contribution in [0.2, 0.25) is 0 Å². The van der Waals surface area contributed by atoms with Crippen molar-refractivity contribution in [3.8, 4) is 17.2 Å². The molecule has 4 aromatic rings. The molecule has 46 heavy (non-hydrogen) atoms. The summed E-state index contributed by atoms with van der Waals surface area (Å²) >= 11 is 0. The molecule has 0 bridgehead atoms. The molecule has 0 spiro atoms. The summed E-state index contributed by atoms with van der Waals surface area (Å²) in [6.07, 6.45) is 5.45. The summed E-state index contributed by atoms with van der Waals surface area (Å²) < 4.78 is 57.7. The van der Waals surface area contributed by atoms with Gasteiger partial charge in [-0.2, -0.15) is 13.9 Å². The van der Waals surface area contributed by atoms with Gasteiger partial charge in [0.2, 0.25) is 0 Å². The predicted molar refractivity (Wildman–Crippen MR) is 164 cm³/mol. The van der Waals surface area contributed by atoms with Crippen molar-refractivity contribution in [3.05, 3.63) is 83.8 Å². The number of piperidine rings is 1. The van der Waals surface area contributed by atoms with Crippen LogP contribution >= 0.6 is 0 Å². The van der Waals surface area contributed by atoms with Crippen LogP contribution in [0.5, 0.6) is 17.2 Å². The van der Waals surface area contributed by atoms with Crippen LogP contribution in [0.25, 0.3) is 10.9 Å². The standard InChI is InChI=1S/C34H35F3N4O5/c35-25-5-9-27(10-6-25)45-26-7-3-24(4-8-26)33(43)40-16-13-22(14-17-40)19-41-20-29-30(39-41)12-11-28(31(29)46-34(36)37)32(42)38-15-18-44-21-23-1-2-23/h3-12,20,22-23,34H,1-2,13-19,21H2,(H,38,42). The van der Waals surface area contributed by atoms with Gasteiger partial charge in [-0.15, -0.1) is 0 Å². The molecule has 1 N–H and O–H groups in total. The summed E-state index contributed by atoms with van der Waals surface area (Å²) in [5.74, 6) is 0.704. The summed E-state index contributed by atoms with van der Waals surface area (Å²) in [7, 11) is 0. The largest absolute Gasteiger partial charge is 0.457 e. The van der Waals surface area contributed by atoms with Gasteiger partial charge in [-0.05, 0) is 98.2 Å². The van der Waals surface area contributed by atoms with E-state index in [0.29, 0.717) is 66.7 Å². The number of alkyl halides is 2. The molecule has 1 saturated heterocycles. The summed E-state index contributed by atoms with van der Waals surface area (Å²) in [4.78, 5) is 27.8. The highest BCUT2D eigenvalue weighted by molar-refractivity contribution is 6.03. The van der Waals surface area contributed by atoms with E-state index in [-0.39, 0.29) is 35.5 Å². The van der Waals surface area contributed by atoms with Gasteiger partial charge in [-0.1, -0.05) is 0 Å². The maximum Gasteiger partial charge on any atom is 0.387 e. The molecular formula is C34H35F3N4O5. The number of fused-ring (bicyclic) bond motifs is 1. The fourth-order valence-electron chi connectivity index (χ4n) is 5.54. The summed E-state index contributed by atoms with van der Waals surface area (Å²) in [6.45, 7) is -0.185. The van der Waals surface area contributed by atoms with E-state index in [1.165, 1.54) is 43.2 Å². The maximum absolute atomic E-state index is 13.4. The Labute approximate surface area is 264 Å². The Morgan fingerprint density at radius 1 is 0.913 bits per heavy atom. The molecule has 1 aliphatic carbocycles. The fourth-order valence-corrected chi connectivity index (χ4v) is 5.54. The monoisotopic (exact) mass is 636 g/mol. The Balaban J connectivity index is 1.04. The minimum atomic E-state index is -3.11. The second-order valence-corrected chi connectivity index (χ2v) is 11.7. The van der Waals surface area contributed by atoms with Crippen molar-refractivity contribution in [3.63, 3.8) is 0 Å². The van der Waals surface area contributed by atoms with Gasteiger partial charge in [0.05, 0.1) is 23.1 Å². The summed E-state index contributed by atoms with van der Waals surface area (Å²) in [5.41, 5.74) is 0.997. The number of likely N-dealkylation sites (tertiary alicyclic amines) is 1. The van der Waals surface area contributed by atoms with E-state index < -0.39 is 12.5 Å². The van der Waals surface area contributed by atoms with Crippen LogP contribution in [0.4, 0.5) is 13.2 Å². The van der Waals surface area contributed by atoms with Gasteiger partial charge in [0.1, 0.15) is 23.1 Å². The fraction of sp³-hybridized carbons (Fsp3) is 0.382. The molecule has 2 aliphatic rings. The summed E-state index contributed by atoms with van der Waals surface area (Å²) in [6, 6.07) is 15.6. The van der Waals surface area contributed by atoms with Gasteiger partial charge in [0, 0.05) is 44.5 Å². The van der Waals surface area contributed by atoms with Crippen molar-refractivity contribution in [2.45, 2.75) is 38.8 Å². The zero-order valence-electron chi connectivity index (χ0n) is 25.2. The molecule has 12 heteroatoms. The Morgan fingerprint density at radius 2 is 1.61 bits per heavy atom. The first-order valence-electron chi connectivity index (χ1n) is 15.5. The average Bonchev–Trinajstić information content (AvgIpc) is 3.79. The number of nitrogens with zero attached hydrogens (tertiary/aromatic N) is 3. The number of hydrogen-bond donors (Lipinski definition) is 1. The minimum Gasteiger partial charge on any atom is -0.457 e. The number of ether oxygens (including phenoxy) is 3. The van der Waals surface area contributed by atoms with E-state index >= 15 is 0 Å². The quantitative estimate of drug-likeness (QED) is 0.174. The van der Waals surface area contributed by atoms with Crippen molar-refractivity contribution < 1.29 is 37.0 Å². The topological polar surface area (TPSA) is 94.9 Å². The van der Waals surface area contributed by atoms with E-state index in [2.05, 4.69) is 10.4 Å². The highest BCUT2D eigenvalue weighted by Gasteiger charge is 2.26. The third-order valence-electron chi connectivity index (χ3n) is 8.22. The number of hydrogen-bond acceptors (Lipinski definition) is 6. The van der Waals surface area contributed by atoms with Crippen LogP contribution in [0.1, 0.15) is 46.4 Å². The number of amides is 2. The van der Waals surface area contributed by atoms with Crippen LogP contribution in [0.15, 0.2) is 66.9 Å². The lowest BCUT2D eigenvalue weighted by Crippen LogP contribution is -2.39. The lowest BCUT2D eigenvalue weighted by atomic mass is 9.96. The van der Waals surface area contributed by atoms with Gasteiger partial charge in [0.15, 0.2) is 0 Å². The van der Waals surface area contributed by atoms with Crippen LogP contribution in [0, 0.1) is 17.7 Å². The molecule has 1 aromatic heterocycles. The number of rotatable bonds is 13. The smallest absolute Gasteiger partial charge is 0.387 e. The van der Waals surface area contributed by atoms with Crippen LogP contribution in [-0.4, -0.2) is 66.0 Å². The molecule has 1 saturated carbocycles. The lowest BCUT2D eigenvalue weighted by Gasteiger charge is -2.32. The van der Waals surface area contributed by atoms with Crippen molar-refractivity contribution in [1.29, 1.82) is 0 Å². The van der Waals surface area contributed by atoms with Gasteiger partial charge in [0.25, 0.3) is 11.8 Å². The van der Waals surface area contributed by atoms with Gasteiger partial charge >= 0.3 is 6.61 Å². The number of nitrogens with one attached hydrogen (secondary N) is 1. The van der Waals surface area contributed by atoms with Crippen LogP contribution in [0.3, 0.4) is 0 Å². The van der Waals surface area contributed by atoms with Crippen molar-refractivity contribution in [1.82, 2.24) is 20.0 Å². The first-order valence-corrected chi connectivity index (χ1v) is 15.5. The van der Waals surface area contributed by atoms with Crippen molar-refractivity contribution >= 4 is 22.7 Å². The Bertz CT molecular complexity index is 1650. The Hall–Kier alpha value is -4.58. The molecule has 0 radical (unpaired) electrons. The van der Waals surface area contributed by atoms with Gasteiger partial charge in [-0.25, -0.2) is 4.39 Å². The molecule has 3 aromatic carbocycles. The SMILES string of the molecule is O=C(NCCOCC1CC1)c1ccc2nn(CC3CCN(C(=O)c4ccc(Oc5ccc(F)cc5)cc4)CC3)cc2c1OC(F)F. The maximum atomic E-state index is 13.4. The van der Waals surface area contributed by atoms with Crippen molar-refractivity contribution in [2.24, 2.45) is 11.8 Å². The second-order valence-electron chi connectivity index (χ2n) is 11.7. The van der Waals surface area contributed by atoms with Crippen LogP contribution in [-0.2, 0) is 11.3 Å². The van der Waals surface area contributed by atoms with E-state index in [0.717, 1.165) is 12.8 Å². The first kappa shape index (κ1) is 31.4. The van der Waals surface area contributed by atoms with E-state index in [9.17, 15) is 22.8 Å². The summed E-state index contributed by atoms with van der Waals surface area (Å²) in [5, 5.41) is 7.61. The molecule has 1 aliphatic heterocycles. The van der Waals surface area contributed by atoms with Gasteiger partial charge in [-0.3, -0.25) is 14.3 Å². The molecular weight excluding hydrogens is 601 g/mol. The second kappa shape index (κ2) is 14.2. The van der Waals surface area contributed by atoms with Crippen molar-refractivity contribution in [2.75, 3.05) is 32.8 Å². The third-order valence-corrected chi connectivity index (χ3v) is 8.22.